The van der Waals surface area contributed by atoms with Crippen LogP contribution >= 0.6 is 35.4 Å². The summed E-state index contributed by atoms with van der Waals surface area (Å²) >= 11 is 17.3. The van der Waals surface area contributed by atoms with Gasteiger partial charge in [0.2, 0.25) is 4.77 Å². The summed E-state index contributed by atoms with van der Waals surface area (Å²) in [7, 11) is 0. The Balaban J connectivity index is 2.12. The minimum absolute atomic E-state index is 0.419. The summed E-state index contributed by atoms with van der Waals surface area (Å²) in [5.74, 6) is 0.701. The first kappa shape index (κ1) is 13.4. The largest absolute Gasteiger partial charge is 0.274 e. The highest BCUT2D eigenvalue weighted by Crippen LogP contribution is 2.23. The molecule has 0 aliphatic heterocycles. The molecule has 0 spiro atoms. The summed E-state index contributed by atoms with van der Waals surface area (Å²) in [6.07, 6.45) is 0. The number of hydrogen-bond donors (Lipinski definition) is 1. The molecule has 1 aromatic heterocycles. The predicted octanol–water partition coefficient (Wildman–Crippen LogP) is 4.90. The smallest absolute Gasteiger partial charge is 0.221 e. The molecular weight excluding hydrogens is 313 g/mol. The van der Waals surface area contributed by atoms with E-state index in [2.05, 4.69) is 10.1 Å². The van der Waals surface area contributed by atoms with Crippen molar-refractivity contribution in [3.63, 3.8) is 0 Å². The van der Waals surface area contributed by atoms with Crippen molar-refractivity contribution in [2.75, 3.05) is 0 Å². The Bertz CT molecular complexity index is 789. The van der Waals surface area contributed by atoms with E-state index in [0.29, 0.717) is 20.6 Å². The summed E-state index contributed by atoms with van der Waals surface area (Å²) in [6, 6.07) is 15.0. The van der Waals surface area contributed by atoms with Crippen LogP contribution in [0, 0.1) is 4.77 Å². The van der Waals surface area contributed by atoms with Crippen LogP contribution in [-0.4, -0.2) is 14.8 Å². The van der Waals surface area contributed by atoms with Crippen LogP contribution in [0.1, 0.15) is 0 Å². The highest BCUT2D eigenvalue weighted by molar-refractivity contribution is 7.71. The lowest BCUT2D eigenvalue weighted by Gasteiger charge is -2.03. The van der Waals surface area contributed by atoms with E-state index in [-0.39, 0.29) is 0 Å². The zero-order valence-corrected chi connectivity index (χ0v) is 12.5. The maximum atomic E-state index is 6.01. The van der Waals surface area contributed by atoms with Crippen molar-refractivity contribution in [2.45, 2.75) is 0 Å². The van der Waals surface area contributed by atoms with Gasteiger partial charge in [-0.05, 0) is 30.4 Å². The molecule has 0 amide bonds. The van der Waals surface area contributed by atoms with Crippen LogP contribution in [0.3, 0.4) is 0 Å². The van der Waals surface area contributed by atoms with E-state index in [1.807, 2.05) is 30.3 Å². The molecule has 0 aliphatic rings. The van der Waals surface area contributed by atoms with E-state index in [0.717, 1.165) is 11.3 Å². The fourth-order valence-electron chi connectivity index (χ4n) is 1.89. The molecule has 1 N–H and O–H groups in total. The fraction of sp³-hybridized carbons (Fsp3) is 0. The maximum absolute atomic E-state index is 6.01. The van der Waals surface area contributed by atoms with Crippen LogP contribution in [-0.2, 0) is 0 Å². The predicted molar refractivity (Wildman–Crippen MR) is 84.2 cm³/mol. The minimum Gasteiger partial charge on any atom is -0.274 e. The van der Waals surface area contributed by atoms with Crippen molar-refractivity contribution in [3.8, 4) is 17.1 Å². The first-order valence-corrected chi connectivity index (χ1v) is 7.01. The van der Waals surface area contributed by atoms with Gasteiger partial charge < -0.3 is 0 Å². The molecule has 0 radical (unpaired) electrons. The maximum Gasteiger partial charge on any atom is 0.221 e. The lowest BCUT2D eigenvalue weighted by molar-refractivity contribution is 0.869. The lowest BCUT2D eigenvalue weighted by atomic mass is 10.2. The Labute approximate surface area is 130 Å². The molecule has 6 heteroatoms. The second-order valence-corrected chi connectivity index (χ2v) is 5.42. The zero-order chi connectivity index (χ0) is 14.1. The Kier molecular flexibility index (Phi) is 3.61. The van der Waals surface area contributed by atoms with Crippen molar-refractivity contribution in [3.05, 3.63) is 63.3 Å². The quantitative estimate of drug-likeness (QED) is 0.681. The third-order valence-electron chi connectivity index (χ3n) is 2.77. The van der Waals surface area contributed by atoms with Crippen molar-refractivity contribution in [2.24, 2.45) is 0 Å². The normalized spacial score (nSPS) is 10.7. The SMILES string of the molecule is S=c1nc(-c2ccccc2)[nH]n1-c1cc(Cl)cc(Cl)c1. The summed E-state index contributed by atoms with van der Waals surface area (Å²) < 4.78 is 2.09. The molecular formula is C14H9Cl2N3S. The number of rotatable bonds is 2. The molecule has 1 heterocycles. The van der Waals surface area contributed by atoms with Crippen LogP contribution < -0.4 is 0 Å². The Morgan fingerprint density at radius 3 is 2.30 bits per heavy atom. The first-order valence-electron chi connectivity index (χ1n) is 5.84. The second kappa shape index (κ2) is 5.40. The lowest BCUT2D eigenvalue weighted by Crippen LogP contribution is -1.96. The standard InChI is InChI=1S/C14H9Cl2N3S/c15-10-6-11(16)8-12(7-10)19-14(20)17-13(18-19)9-4-2-1-3-5-9/h1-8H,(H,17,18,20). The average Bonchev–Trinajstić information content (AvgIpc) is 2.81. The number of benzene rings is 2. The van der Waals surface area contributed by atoms with E-state index in [1.54, 1.807) is 22.9 Å². The van der Waals surface area contributed by atoms with Crippen LogP contribution in [0.15, 0.2) is 48.5 Å². The van der Waals surface area contributed by atoms with Gasteiger partial charge in [0.25, 0.3) is 0 Å². The van der Waals surface area contributed by atoms with Crippen molar-refractivity contribution in [1.82, 2.24) is 14.8 Å². The number of H-pyrrole nitrogens is 1. The molecule has 0 saturated carbocycles. The van der Waals surface area contributed by atoms with Gasteiger partial charge in [-0.25, -0.2) is 4.68 Å². The average molecular weight is 322 g/mol. The monoisotopic (exact) mass is 321 g/mol. The first-order chi connectivity index (χ1) is 9.63. The summed E-state index contributed by atoms with van der Waals surface area (Å²) in [5.41, 5.74) is 1.72. The second-order valence-electron chi connectivity index (χ2n) is 4.18. The number of nitrogens with zero attached hydrogens (tertiary/aromatic N) is 2. The van der Waals surface area contributed by atoms with Gasteiger partial charge in [0.15, 0.2) is 5.82 Å². The number of nitrogens with one attached hydrogen (secondary N) is 1. The Morgan fingerprint density at radius 2 is 1.65 bits per heavy atom. The highest BCUT2D eigenvalue weighted by atomic mass is 35.5. The number of halogens is 2. The van der Waals surface area contributed by atoms with Gasteiger partial charge in [0.05, 0.1) is 5.69 Å². The Hall–Kier alpha value is -1.62. The topological polar surface area (TPSA) is 33.6 Å². The van der Waals surface area contributed by atoms with Gasteiger partial charge in [-0.15, -0.1) is 0 Å². The molecule has 3 aromatic rings. The van der Waals surface area contributed by atoms with E-state index in [1.165, 1.54) is 0 Å². The van der Waals surface area contributed by atoms with Gasteiger partial charge in [0.1, 0.15) is 0 Å². The highest BCUT2D eigenvalue weighted by Gasteiger charge is 2.07. The summed E-state index contributed by atoms with van der Waals surface area (Å²) in [5, 5.41) is 4.25. The van der Waals surface area contributed by atoms with Crippen LogP contribution in [0.5, 0.6) is 0 Å². The third-order valence-corrected chi connectivity index (χ3v) is 3.48. The molecule has 0 bridgehead atoms. The molecule has 0 aliphatic carbocycles. The van der Waals surface area contributed by atoms with Gasteiger partial charge >= 0.3 is 0 Å². The zero-order valence-electron chi connectivity index (χ0n) is 10.2. The molecule has 3 rings (SSSR count). The van der Waals surface area contributed by atoms with Crippen LogP contribution in [0.4, 0.5) is 0 Å². The van der Waals surface area contributed by atoms with E-state index < -0.39 is 0 Å². The summed E-state index contributed by atoms with van der Waals surface area (Å²) in [6.45, 7) is 0. The van der Waals surface area contributed by atoms with Gasteiger partial charge in [-0.2, -0.15) is 4.98 Å². The minimum atomic E-state index is 0.419. The van der Waals surface area contributed by atoms with Crippen molar-refractivity contribution in [1.29, 1.82) is 0 Å². The molecule has 0 fully saturated rings. The number of hydrogen-bond acceptors (Lipinski definition) is 2. The van der Waals surface area contributed by atoms with Gasteiger partial charge in [0, 0.05) is 15.6 Å². The summed E-state index contributed by atoms with van der Waals surface area (Å²) in [4.78, 5) is 4.35. The van der Waals surface area contributed by atoms with Crippen molar-refractivity contribution < 1.29 is 0 Å². The van der Waals surface area contributed by atoms with Gasteiger partial charge in [-0.3, -0.25) is 5.10 Å². The molecule has 3 nitrogen and oxygen atoms in total. The molecule has 100 valence electrons. The Morgan fingerprint density at radius 1 is 1.00 bits per heavy atom. The van der Waals surface area contributed by atoms with Crippen LogP contribution in [0.2, 0.25) is 10.0 Å². The molecule has 0 atom stereocenters. The third kappa shape index (κ3) is 2.63. The number of aromatic nitrogens is 3. The molecule has 2 aromatic carbocycles. The van der Waals surface area contributed by atoms with Gasteiger partial charge in [-0.1, -0.05) is 53.5 Å². The molecule has 0 unspecified atom stereocenters. The number of aromatic amines is 1. The van der Waals surface area contributed by atoms with E-state index in [9.17, 15) is 0 Å². The fourth-order valence-corrected chi connectivity index (χ4v) is 2.65. The van der Waals surface area contributed by atoms with E-state index in [4.69, 9.17) is 35.4 Å². The van der Waals surface area contributed by atoms with Crippen molar-refractivity contribution >= 4 is 35.4 Å². The molecule has 0 saturated heterocycles. The molecule has 20 heavy (non-hydrogen) atoms. The van der Waals surface area contributed by atoms with Crippen LogP contribution in [0.25, 0.3) is 17.1 Å². The van der Waals surface area contributed by atoms with E-state index >= 15 is 0 Å².